The lowest BCUT2D eigenvalue weighted by molar-refractivity contribution is -0.116. The minimum absolute atomic E-state index is 0.0108. The Bertz CT molecular complexity index is 928. The predicted molar refractivity (Wildman–Crippen MR) is 103 cm³/mol. The van der Waals surface area contributed by atoms with E-state index in [9.17, 15) is 9.59 Å². The summed E-state index contributed by atoms with van der Waals surface area (Å²) < 4.78 is 7.29. The largest absolute Gasteiger partial charge is 0.489 e. The lowest BCUT2D eigenvalue weighted by Gasteiger charge is -2.14. The first-order valence-electron chi connectivity index (χ1n) is 8.69. The Morgan fingerprint density at radius 1 is 1.00 bits per heavy atom. The molecule has 0 radical (unpaired) electrons. The first-order chi connectivity index (χ1) is 12.5. The van der Waals surface area contributed by atoms with Crippen molar-refractivity contribution in [2.24, 2.45) is 0 Å². The normalized spacial score (nSPS) is 10.9. The van der Waals surface area contributed by atoms with Crippen molar-refractivity contribution in [2.45, 2.75) is 32.8 Å². The van der Waals surface area contributed by atoms with Gasteiger partial charge in [-0.3, -0.25) is 14.2 Å². The van der Waals surface area contributed by atoms with Gasteiger partial charge in [-0.1, -0.05) is 30.3 Å². The number of hydrogen-bond donors (Lipinski definition) is 1. The maximum absolute atomic E-state index is 12.4. The lowest BCUT2D eigenvalue weighted by Crippen LogP contribution is -2.17. The Kier molecular flexibility index (Phi) is 5.37. The highest BCUT2D eigenvalue weighted by molar-refractivity contribution is 5.97. The summed E-state index contributed by atoms with van der Waals surface area (Å²) in [5.41, 5.74) is 1.47. The molecule has 2 aromatic carbocycles. The maximum atomic E-state index is 12.4. The van der Waals surface area contributed by atoms with Crippen LogP contribution < -0.4 is 10.1 Å². The molecule has 1 N–H and O–H groups in total. The van der Waals surface area contributed by atoms with Gasteiger partial charge < -0.3 is 10.1 Å². The Morgan fingerprint density at radius 2 is 1.73 bits per heavy atom. The van der Waals surface area contributed by atoms with Crippen LogP contribution in [0, 0.1) is 0 Å². The molecule has 0 bridgehead atoms. The predicted octanol–water partition coefficient (Wildman–Crippen LogP) is 4.49. The molecule has 0 aliphatic heterocycles. The molecule has 0 aliphatic rings. The molecule has 0 unspecified atom stereocenters. The molecule has 5 nitrogen and oxygen atoms in total. The van der Waals surface area contributed by atoms with Gasteiger partial charge in [0.05, 0.1) is 17.3 Å². The minimum atomic E-state index is -0.213. The Labute approximate surface area is 152 Å². The van der Waals surface area contributed by atoms with Crippen LogP contribution in [-0.2, 0) is 4.79 Å². The Hall–Kier alpha value is -3.08. The molecule has 3 rings (SSSR count). The first-order valence-corrected chi connectivity index (χ1v) is 8.69. The molecule has 0 fully saturated rings. The third-order valence-electron chi connectivity index (χ3n) is 3.96. The quantitative estimate of drug-likeness (QED) is 0.713. The van der Waals surface area contributed by atoms with Gasteiger partial charge in [-0.15, -0.1) is 0 Å². The van der Waals surface area contributed by atoms with Crippen molar-refractivity contribution in [2.75, 3.05) is 5.32 Å². The van der Waals surface area contributed by atoms with Gasteiger partial charge in [-0.05, 0) is 38.1 Å². The molecule has 0 saturated heterocycles. The number of hydrogen-bond acceptors (Lipinski definition) is 3. The van der Waals surface area contributed by atoms with Gasteiger partial charge >= 0.3 is 0 Å². The fourth-order valence-electron chi connectivity index (χ4n) is 2.78. The first kappa shape index (κ1) is 17.7. The van der Waals surface area contributed by atoms with E-state index in [0.29, 0.717) is 11.4 Å². The minimum Gasteiger partial charge on any atom is -0.489 e. The molecular weight excluding hydrogens is 328 g/mol. The molecule has 5 heteroatoms. The SMILES string of the molecule is CC(C)Oc1ccccc1NC(=O)CCC(=O)n1ccc2ccccc21. The molecule has 0 saturated carbocycles. The maximum Gasteiger partial charge on any atom is 0.231 e. The summed E-state index contributed by atoms with van der Waals surface area (Å²) in [6.45, 7) is 3.86. The van der Waals surface area contributed by atoms with Crippen LogP contribution in [0.1, 0.15) is 31.5 Å². The summed E-state index contributed by atoms with van der Waals surface area (Å²) in [7, 11) is 0. The van der Waals surface area contributed by atoms with Crippen LogP contribution in [0.15, 0.2) is 60.8 Å². The van der Waals surface area contributed by atoms with Gasteiger partial charge in [0.2, 0.25) is 11.8 Å². The van der Waals surface area contributed by atoms with E-state index in [1.54, 1.807) is 16.8 Å². The number of aromatic nitrogens is 1. The van der Waals surface area contributed by atoms with E-state index in [1.807, 2.05) is 62.4 Å². The zero-order chi connectivity index (χ0) is 18.5. The third-order valence-corrected chi connectivity index (χ3v) is 3.96. The molecule has 1 amide bonds. The summed E-state index contributed by atoms with van der Waals surface area (Å²) in [5.74, 6) is 0.307. The van der Waals surface area contributed by atoms with Crippen molar-refractivity contribution < 1.29 is 14.3 Å². The number of para-hydroxylation sites is 3. The molecule has 0 aliphatic carbocycles. The average molecular weight is 350 g/mol. The molecule has 0 spiro atoms. The fourth-order valence-corrected chi connectivity index (χ4v) is 2.78. The number of nitrogens with one attached hydrogen (secondary N) is 1. The third kappa shape index (κ3) is 4.11. The van der Waals surface area contributed by atoms with Gasteiger partial charge in [0, 0.05) is 24.4 Å². The van der Waals surface area contributed by atoms with Gasteiger partial charge in [0.1, 0.15) is 5.75 Å². The number of anilines is 1. The highest BCUT2D eigenvalue weighted by Gasteiger charge is 2.13. The number of amides is 1. The zero-order valence-electron chi connectivity index (χ0n) is 14.9. The fraction of sp³-hybridized carbons (Fsp3) is 0.238. The van der Waals surface area contributed by atoms with Gasteiger partial charge in [0.15, 0.2) is 0 Å². The van der Waals surface area contributed by atoms with Crippen molar-refractivity contribution >= 4 is 28.4 Å². The number of carbonyl (C=O) groups is 2. The summed E-state index contributed by atoms with van der Waals surface area (Å²) in [4.78, 5) is 24.7. The molecular formula is C21H22N2O3. The van der Waals surface area contributed by atoms with Crippen LogP contribution in [0.5, 0.6) is 5.75 Å². The van der Waals surface area contributed by atoms with Crippen LogP contribution in [0.25, 0.3) is 10.9 Å². The van der Waals surface area contributed by atoms with E-state index in [0.717, 1.165) is 10.9 Å². The topological polar surface area (TPSA) is 60.3 Å². The number of ether oxygens (including phenoxy) is 1. The highest BCUT2D eigenvalue weighted by atomic mass is 16.5. The lowest BCUT2D eigenvalue weighted by atomic mass is 10.2. The van der Waals surface area contributed by atoms with Crippen LogP contribution in [-0.4, -0.2) is 22.5 Å². The smallest absolute Gasteiger partial charge is 0.231 e. The van der Waals surface area contributed by atoms with Crippen LogP contribution in [0.2, 0.25) is 0 Å². The van der Waals surface area contributed by atoms with Crippen LogP contribution >= 0.6 is 0 Å². The van der Waals surface area contributed by atoms with Crippen molar-refractivity contribution in [3.05, 3.63) is 60.8 Å². The highest BCUT2D eigenvalue weighted by Crippen LogP contribution is 2.25. The number of benzene rings is 2. The van der Waals surface area contributed by atoms with Gasteiger partial charge in [-0.25, -0.2) is 0 Å². The summed E-state index contributed by atoms with van der Waals surface area (Å²) in [6, 6.07) is 16.9. The molecule has 134 valence electrons. The molecule has 1 heterocycles. The second kappa shape index (κ2) is 7.87. The number of nitrogens with zero attached hydrogens (tertiary/aromatic N) is 1. The van der Waals surface area contributed by atoms with Gasteiger partial charge in [0.25, 0.3) is 0 Å². The van der Waals surface area contributed by atoms with E-state index in [1.165, 1.54) is 0 Å². The number of fused-ring (bicyclic) bond motifs is 1. The van der Waals surface area contributed by atoms with Crippen molar-refractivity contribution in [1.82, 2.24) is 4.57 Å². The van der Waals surface area contributed by atoms with E-state index >= 15 is 0 Å². The molecule has 0 atom stereocenters. The van der Waals surface area contributed by atoms with Crippen LogP contribution in [0.3, 0.4) is 0 Å². The van der Waals surface area contributed by atoms with E-state index in [2.05, 4.69) is 5.32 Å². The second-order valence-electron chi connectivity index (χ2n) is 6.35. The Morgan fingerprint density at radius 3 is 2.54 bits per heavy atom. The van der Waals surface area contributed by atoms with E-state index < -0.39 is 0 Å². The van der Waals surface area contributed by atoms with Gasteiger partial charge in [-0.2, -0.15) is 0 Å². The van der Waals surface area contributed by atoms with Crippen molar-refractivity contribution in [3.63, 3.8) is 0 Å². The Balaban J connectivity index is 1.62. The van der Waals surface area contributed by atoms with Crippen LogP contribution in [0.4, 0.5) is 5.69 Å². The monoisotopic (exact) mass is 350 g/mol. The molecule has 3 aromatic rings. The van der Waals surface area contributed by atoms with Crippen molar-refractivity contribution in [3.8, 4) is 5.75 Å². The summed E-state index contributed by atoms with van der Waals surface area (Å²) in [6.07, 6.45) is 2.01. The van der Waals surface area contributed by atoms with E-state index in [-0.39, 0.29) is 30.8 Å². The van der Waals surface area contributed by atoms with E-state index in [4.69, 9.17) is 4.74 Å². The summed E-state index contributed by atoms with van der Waals surface area (Å²) >= 11 is 0. The average Bonchev–Trinajstić information content (AvgIpc) is 3.05. The zero-order valence-corrected chi connectivity index (χ0v) is 14.9. The molecule has 26 heavy (non-hydrogen) atoms. The number of rotatable bonds is 6. The number of carbonyl (C=O) groups excluding carboxylic acids is 2. The summed E-state index contributed by atoms with van der Waals surface area (Å²) in [5, 5.41) is 3.83. The second-order valence-corrected chi connectivity index (χ2v) is 6.35. The molecule has 1 aromatic heterocycles. The standard InChI is InChI=1S/C21H22N2O3/c1-15(2)26-19-10-6-4-8-17(19)22-20(24)11-12-21(25)23-14-13-16-7-3-5-9-18(16)23/h3-10,13-15H,11-12H2,1-2H3,(H,22,24). The van der Waals surface area contributed by atoms with Crippen molar-refractivity contribution in [1.29, 1.82) is 0 Å².